The summed E-state index contributed by atoms with van der Waals surface area (Å²) >= 11 is 6.18. The molecule has 142 valence electrons. The molecule has 0 aliphatic carbocycles. The number of carbonyl (C=O) groups is 1. The summed E-state index contributed by atoms with van der Waals surface area (Å²) < 4.78 is 16.8. The number of nitrogens with one attached hydrogen (secondary N) is 1. The van der Waals surface area contributed by atoms with Crippen LogP contribution in [0.4, 0.5) is 10.3 Å². The van der Waals surface area contributed by atoms with Crippen LogP contribution in [-0.4, -0.2) is 30.5 Å². The van der Waals surface area contributed by atoms with Crippen LogP contribution in [0, 0.1) is 19.7 Å². The monoisotopic (exact) mass is 390 g/mol. The Morgan fingerprint density at radius 1 is 1.30 bits per heavy atom. The van der Waals surface area contributed by atoms with Crippen molar-refractivity contribution in [3.05, 3.63) is 58.4 Å². The lowest BCUT2D eigenvalue weighted by molar-refractivity contribution is -0.119. The van der Waals surface area contributed by atoms with Crippen molar-refractivity contribution in [2.24, 2.45) is 0 Å². The molecule has 3 aromatic rings. The van der Waals surface area contributed by atoms with Gasteiger partial charge in [0.1, 0.15) is 18.2 Å². The van der Waals surface area contributed by atoms with Gasteiger partial charge in [0.05, 0.1) is 23.0 Å². The summed E-state index contributed by atoms with van der Waals surface area (Å²) in [4.78, 5) is 16.8. The van der Waals surface area contributed by atoms with Crippen molar-refractivity contribution in [3.63, 3.8) is 0 Å². The van der Waals surface area contributed by atoms with Crippen LogP contribution in [-0.2, 0) is 11.3 Å². The molecule has 1 aromatic carbocycles. The Kier molecular flexibility index (Phi) is 5.55. The Morgan fingerprint density at radius 3 is 2.67 bits per heavy atom. The minimum atomic E-state index is -0.533. The molecule has 2 aromatic heterocycles. The number of halogens is 2. The zero-order chi connectivity index (χ0) is 19.6. The molecular weight excluding hydrogens is 371 g/mol. The van der Waals surface area contributed by atoms with E-state index in [-0.39, 0.29) is 24.2 Å². The summed E-state index contributed by atoms with van der Waals surface area (Å²) in [5.74, 6) is -0.447. The van der Waals surface area contributed by atoms with Gasteiger partial charge in [0.2, 0.25) is 5.95 Å². The lowest BCUT2D eigenvalue weighted by Gasteiger charge is -2.16. The zero-order valence-corrected chi connectivity index (χ0v) is 16.0. The molecule has 2 heterocycles. The maximum absolute atomic E-state index is 13.8. The molecule has 0 fully saturated rings. The van der Waals surface area contributed by atoms with E-state index < -0.39 is 6.04 Å². The summed E-state index contributed by atoms with van der Waals surface area (Å²) in [6.07, 6.45) is 1.98. The predicted octanol–water partition coefficient (Wildman–Crippen LogP) is 3.52. The number of hydrogen-bond donors (Lipinski definition) is 1. The van der Waals surface area contributed by atoms with Crippen LogP contribution < -0.4 is 5.32 Å². The number of aryl methyl sites for hydroxylation is 1. The Morgan fingerprint density at radius 2 is 2.04 bits per heavy atom. The number of amides is 1. The summed E-state index contributed by atoms with van der Waals surface area (Å²) in [7, 11) is 0. The Hall–Kier alpha value is -2.74. The summed E-state index contributed by atoms with van der Waals surface area (Å²) in [6.45, 7) is 5.72. The van der Waals surface area contributed by atoms with Gasteiger partial charge < -0.3 is 0 Å². The molecule has 0 radical (unpaired) electrons. The quantitative estimate of drug-likeness (QED) is 0.698. The second-order valence-electron chi connectivity index (χ2n) is 6.20. The van der Waals surface area contributed by atoms with Gasteiger partial charge in [-0.3, -0.25) is 14.8 Å². The van der Waals surface area contributed by atoms with E-state index in [1.807, 2.05) is 13.8 Å². The fourth-order valence-electron chi connectivity index (χ4n) is 2.84. The van der Waals surface area contributed by atoms with Crippen molar-refractivity contribution in [2.45, 2.75) is 39.8 Å². The molecule has 3 rings (SSSR count). The number of benzene rings is 1. The molecule has 1 unspecified atom stereocenters. The van der Waals surface area contributed by atoms with Crippen molar-refractivity contribution in [1.29, 1.82) is 0 Å². The van der Waals surface area contributed by atoms with Gasteiger partial charge in [0.15, 0.2) is 0 Å². The van der Waals surface area contributed by atoms with E-state index in [0.29, 0.717) is 22.7 Å². The zero-order valence-electron chi connectivity index (χ0n) is 15.3. The summed E-state index contributed by atoms with van der Waals surface area (Å²) in [5, 5.41) is 11.8. The van der Waals surface area contributed by atoms with E-state index in [9.17, 15) is 9.18 Å². The molecule has 0 aliphatic heterocycles. The average molecular weight is 391 g/mol. The van der Waals surface area contributed by atoms with Crippen molar-refractivity contribution in [3.8, 4) is 0 Å². The largest absolute Gasteiger partial charge is 0.291 e. The van der Waals surface area contributed by atoms with Gasteiger partial charge in [-0.2, -0.15) is 5.10 Å². The highest BCUT2D eigenvalue weighted by atomic mass is 35.5. The minimum Gasteiger partial charge on any atom is -0.291 e. The topological polar surface area (TPSA) is 77.6 Å². The van der Waals surface area contributed by atoms with Gasteiger partial charge in [-0.15, -0.1) is 5.10 Å². The molecule has 0 bridgehead atoms. The normalized spacial score (nSPS) is 12.2. The molecule has 0 spiro atoms. The van der Waals surface area contributed by atoms with E-state index in [2.05, 4.69) is 20.5 Å². The van der Waals surface area contributed by atoms with Crippen LogP contribution >= 0.6 is 11.6 Å². The second-order valence-corrected chi connectivity index (χ2v) is 6.58. The molecule has 0 saturated heterocycles. The highest BCUT2D eigenvalue weighted by Crippen LogP contribution is 2.24. The lowest BCUT2D eigenvalue weighted by atomic mass is 10.2. The smallest absolute Gasteiger partial charge is 0.251 e. The van der Waals surface area contributed by atoms with Gasteiger partial charge in [-0.25, -0.2) is 14.1 Å². The molecular formula is C18H20ClFN6O. The molecule has 27 heavy (non-hydrogen) atoms. The molecule has 0 aliphatic rings. The van der Waals surface area contributed by atoms with Crippen LogP contribution in [0.1, 0.15) is 36.3 Å². The highest BCUT2D eigenvalue weighted by Gasteiger charge is 2.24. The van der Waals surface area contributed by atoms with Crippen molar-refractivity contribution in [2.75, 3.05) is 5.32 Å². The van der Waals surface area contributed by atoms with E-state index >= 15 is 0 Å². The van der Waals surface area contributed by atoms with E-state index in [0.717, 1.165) is 5.69 Å². The third-order valence-electron chi connectivity index (χ3n) is 4.28. The van der Waals surface area contributed by atoms with Crippen molar-refractivity contribution in [1.82, 2.24) is 24.5 Å². The number of anilines is 1. The highest BCUT2D eigenvalue weighted by molar-refractivity contribution is 6.31. The number of carbonyl (C=O) groups excluding carboxylic acids is 1. The van der Waals surface area contributed by atoms with Crippen LogP contribution in [0.2, 0.25) is 5.02 Å². The molecule has 9 heteroatoms. The van der Waals surface area contributed by atoms with E-state index in [4.69, 9.17) is 11.6 Å². The van der Waals surface area contributed by atoms with Crippen LogP contribution in [0.15, 0.2) is 30.6 Å². The molecule has 1 amide bonds. The first-order chi connectivity index (χ1) is 12.9. The number of rotatable bonds is 6. The summed E-state index contributed by atoms with van der Waals surface area (Å²) in [6, 6.07) is 5.91. The molecule has 1 N–H and O–H groups in total. The first-order valence-electron chi connectivity index (χ1n) is 8.55. The maximum Gasteiger partial charge on any atom is 0.251 e. The van der Waals surface area contributed by atoms with Crippen LogP contribution in [0.3, 0.4) is 0 Å². The molecule has 7 nitrogen and oxygen atoms in total. The fraction of sp³-hybridized carbons (Fsp3) is 0.333. The molecule has 1 atom stereocenters. The van der Waals surface area contributed by atoms with Crippen molar-refractivity contribution >= 4 is 23.5 Å². The average Bonchev–Trinajstić information content (AvgIpc) is 3.18. The van der Waals surface area contributed by atoms with Gasteiger partial charge >= 0.3 is 0 Å². The number of aromatic nitrogens is 5. The maximum atomic E-state index is 13.8. The van der Waals surface area contributed by atoms with Crippen LogP contribution in [0.5, 0.6) is 0 Å². The number of nitrogens with zero attached hydrogens (tertiary/aromatic N) is 5. The van der Waals surface area contributed by atoms with E-state index in [1.165, 1.54) is 17.1 Å². The van der Waals surface area contributed by atoms with Crippen LogP contribution in [0.25, 0.3) is 0 Å². The van der Waals surface area contributed by atoms with Gasteiger partial charge in [0, 0.05) is 5.56 Å². The predicted molar refractivity (Wildman–Crippen MR) is 100 cm³/mol. The third-order valence-corrected chi connectivity index (χ3v) is 4.83. The van der Waals surface area contributed by atoms with Gasteiger partial charge in [-0.05, 0) is 26.3 Å². The van der Waals surface area contributed by atoms with Crippen molar-refractivity contribution < 1.29 is 9.18 Å². The first-order valence-corrected chi connectivity index (χ1v) is 8.93. The number of hydrogen-bond acceptors (Lipinski definition) is 4. The fourth-order valence-corrected chi connectivity index (χ4v) is 2.96. The Bertz CT molecular complexity index is 967. The SMILES string of the molecule is CCC(C(=O)Nc1ncn(Cc2ccccc2F)n1)n1nc(C)c(Cl)c1C. The Balaban J connectivity index is 1.73. The standard InChI is InChI=1S/C18H20ClFN6O/c1-4-15(26-12(3)16(19)11(2)23-26)17(27)22-18-21-10-25(24-18)9-13-7-5-6-8-14(13)20/h5-8,10,15H,4,9H2,1-3H3,(H,22,24,27). The third kappa shape index (κ3) is 4.00. The molecule has 0 saturated carbocycles. The summed E-state index contributed by atoms with van der Waals surface area (Å²) in [5.41, 5.74) is 1.89. The second kappa shape index (κ2) is 7.87. The van der Waals surface area contributed by atoms with E-state index in [1.54, 1.807) is 29.8 Å². The Labute approximate surface area is 161 Å². The van der Waals surface area contributed by atoms with Gasteiger partial charge in [-0.1, -0.05) is 36.7 Å². The first kappa shape index (κ1) is 19.0. The minimum absolute atomic E-state index is 0.155. The lowest BCUT2D eigenvalue weighted by Crippen LogP contribution is -2.27. The van der Waals surface area contributed by atoms with Gasteiger partial charge in [0.25, 0.3) is 5.91 Å².